The number of piperidine rings is 1. The van der Waals surface area contributed by atoms with E-state index in [4.69, 9.17) is 0 Å². The summed E-state index contributed by atoms with van der Waals surface area (Å²) >= 11 is 1.68. The van der Waals surface area contributed by atoms with Crippen molar-refractivity contribution in [2.45, 2.75) is 62.6 Å². The van der Waals surface area contributed by atoms with Gasteiger partial charge in [-0.1, -0.05) is 24.6 Å². The van der Waals surface area contributed by atoms with Gasteiger partial charge in [-0.25, -0.2) is 0 Å². The number of thioether (sulfide) groups is 1. The Kier molecular flexibility index (Phi) is 5.53. The molecule has 1 heterocycles. The lowest BCUT2D eigenvalue weighted by Gasteiger charge is -2.36. The molecule has 1 aromatic carbocycles. The maximum Gasteiger partial charge on any atom is 0.236 e. The summed E-state index contributed by atoms with van der Waals surface area (Å²) in [6, 6.07) is 8.89. The molecule has 0 bridgehead atoms. The molecule has 0 radical (unpaired) electrons. The number of nitrogens with zero attached hydrogens (tertiary/aromatic N) is 1. The van der Waals surface area contributed by atoms with E-state index in [-0.39, 0.29) is 5.25 Å². The Bertz CT molecular complexity index is 443. The first-order chi connectivity index (χ1) is 9.61. The van der Waals surface area contributed by atoms with E-state index in [1.165, 1.54) is 23.3 Å². The van der Waals surface area contributed by atoms with E-state index in [0.717, 1.165) is 19.4 Å². The fraction of sp³-hybridized carbons (Fsp3) is 0.588. The highest BCUT2D eigenvalue weighted by Crippen LogP contribution is 2.28. The average molecular weight is 291 g/mol. The molecular weight excluding hydrogens is 266 g/mol. The Morgan fingerprint density at radius 3 is 2.70 bits per heavy atom. The van der Waals surface area contributed by atoms with Crippen LogP contribution in [0.25, 0.3) is 0 Å². The zero-order valence-corrected chi connectivity index (χ0v) is 13.6. The highest BCUT2D eigenvalue weighted by Gasteiger charge is 2.28. The molecule has 0 spiro atoms. The van der Waals surface area contributed by atoms with Crippen LogP contribution in [0.3, 0.4) is 0 Å². The van der Waals surface area contributed by atoms with Gasteiger partial charge in [-0.15, -0.1) is 11.8 Å². The minimum Gasteiger partial charge on any atom is -0.339 e. The van der Waals surface area contributed by atoms with Crippen molar-refractivity contribution in [3.05, 3.63) is 29.8 Å². The number of aryl methyl sites for hydroxylation is 1. The lowest BCUT2D eigenvalue weighted by molar-refractivity contribution is -0.134. The minimum atomic E-state index is 0.00450. The van der Waals surface area contributed by atoms with Crippen LogP contribution < -0.4 is 0 Å². The molecule has 1 aliphatic rings. The standard InChI is InChI=1S/C17H25NOS/c1-4-15-7-5-6-12-18(15)17(19)14(3)20-16-10-8-13(2)9-11-16/h8-11,14-15H,4-7,12H2,1-3H3. The van der Waals surface area contributed by atoms with Crippen molar-refractivity contribution < 1.29 is 4.79 Å². The number of amides is 1. The number of benzene rings is 1. The number of hydrogen-bond acceptors (Lipinski definition) is 2. The number of rotatable bonds is 4. The van der Waals surface area contributed by atoms with E-state index in [0.29, 0.717) is 11.9 Å². The van der Waals surface area contributed by atoms with Crippen molar-refractivity contribution in [2.24, 2.45) is 0 Å². The summed E-state index contributed by atoms with van der Waals surface area (Å²) < 4.78 is 0. The minimum absolute atomic E-state index is 0.00450. The molecule has 2 nitrogen and oxygen atoms in total. The average Bonchev–Trinajstić information content (AvgIpc) is 2.48. The Balaban J connectivity index is 1.98. The van der Waals surface area contributed by atoms with Crippen molar-refractivity contribution in [3.8, 4) is 0 Å². The normalized spacial score (nSPS) is 20.8. The number of likely N-dealkylation sites (tertiary alicyclic amines) is 1. The zero-order chi connectivity index (χ0) is 14.5. The molecule has 2 rings (SSSR count). The molecule has 1 aliphatic heterocycles. The summed E-state index contributed by atoms with van der Waals surface area (Å²) in [6.07, 6.45) is 4.67. The fourth-order valence-corrected chi connectivity index (χ4v) is 3.76. The van der Waals surface area contributed by atoms with Crippen molar-refractivity contribution in [3.63, 3.8) is 0 Å². The molecule has 3 heteroatoms. The van der Waals surface area contributed by atoms with Crippen LogP contribution in [0.2, 0.25) is 0 Å². The van der Waals surface area contributed by atoms with E-state index < -0.39 is 0 Å². The summed E-state index contributed by atoms with van der Waals surface area (Å²) in [7, 11) is 0. The van der Waals surface area contributed by atoms with Gasteiger partial charge in [-0.3, -0.25) is 4.79 Å². The van der Waals surface area contributed by atoms with Gasteiger partial charge >= 0.3 is 0 Å². The monoisotopic (exact) mass is 291 g/mol. The second kappa shape index (κ2) is 7.16. The Labute approximate surface area is 126 Å². The first-order valence-electron chi connectivity index (χ1n) is 7.65. The van der Waals surface area contributed by atoms with Crippen LogP contribution in [0.1, 0.15) is 45.1 Å². The zero-order valence-electron chi connectivity index (χ0n) is 12.8. The highest BCUT2D eigenvalue weighted by atomic mass is 32.2. The van der Waals surface area contributed by atoms with Crippen molar-refractivity contribution in [1.29, 1.82) is 0 Å². The van der Waals surface area contributed by atoms with Crippen LogP contribution in [0, 0.1) is 6.92 Å². The number of carbonyl (C=O) groups is 1. The largest absolute Gasteiger partial charge is 0.339 e. The van der Waals surface area contributed by atoms with Crippen molar-refractivity contribution in [1.82, 2.24) is 4.90 Å². The van der Waals surface area contributed by atoms with E-state index in [1.807, 2.05) is 6.92 Å². The molecule has 0 saturated carbocycles. The van der Waals surface area contributed by atoms with E-state index >= 15 is 0 Å². The molecule has 1 fully saturated rings. The molecule has 1 aromatic rings. The molecule has 2 unspecified atom stereocenters. The van der Waals surface area contributed by atoms with Gasteiger partial charge in [-0.05, 0) is 51.7 Å². The van der Waals surface area contributed by atoms with Gasteiger partial charge in [-0.2, -0.15) is 0 Å². The van der Waals surface area contributed by atoms with Crippen LogP contribution in [0.4, 0.5) is 0 Å². The van der Waals surface area contributed by atoms with Crippen LogP contribution in [-0.2, 0) is 4.79 Å². The lowest BCUT2D eigenvalue weighted by atomic mass is 10.00. The smallest absolute Gasteiger partial charge is 0.236 e. The topological polar surface area (TPSA) is 20.3 Å². The van der Waals surface area contributed by atoms with Gasteiger partial charge in [0.15, 0.2) is 0 Å². The second-order valence-electron chi connectivity index (χ2n) is 5.66. The van der Waals surface area contributed by atoms with E-state index in [9.17, 15) is 4.79 Å². The molecule has 2 atom stereocenters. The maximum atomic E-state index is 12.6. The van der Waals surface area contributed by atoms with Crippen molar-refractivity contribution >= 4 is 17.7 Å². The van der Waals surface area contributed by atoms with Gasteiger partial charge in [0.05, 0.1) is 5.25 Å². The summed E-state index contributed by atoms with van der Waals surface area (Å²) in [6.45, 7) is 7.25. The summed E-state index contributed by atoms with van der Waals surface area (Å²) in [5.41, 5.74) is 1.26. The Morgan fingerprint density at radius 1 is 1.35 bits per heavy atom. The molecule has 0 aromatic heterocycles. The summed E-state index contributed by atoms with van der Waals surface area (Å²) in [4.78, 5) is 15.9. The van der Waals surface area contributed by atoms with Gasteiger partial charge < -0.3 is 4.90 Å². The quantitative estimate of drug-likeness (QED) is 0.772. The van der Waals surface area contributed by atoms with Crippen LogP contribution in [0.15, 0.2) is 29.2 Å². The molecule has 1 amide bonds. The third-order valence-electron chi connectivity index (χ3n) is 4.06. The first-order valence-corrected chi connectivity index (χ1v) is 8.53. The van der Waals surface area contributed by atoms with Gasteiger partial charge in [0.1, 0.15) is 0 Å². The number of hydrogen-bond donors (Lipinski definition) is 0. The van der Waals surface area contributed by atoms with E-state index in [2.05, 4.69) is 43.0 Å². The first kappa shape index (κ1) is 15.4. The Morgan fingerprint density at radius 2 is 2.05 bits per heavy atom. The molecule has 0 aliphatic carbocycles. The van der Waals surface area contributed by atoms with Crippen molar-refractivity contribution in [2.75, 3.05) is 6.54 Å². The third-order valence-corrected chi connectivity index (χ3v) is 5.16. The van der Waals surface area contributed by atoms with Crippen LogP contribution >= 0.6 is 11.8 Å². The molecular formula is C17H25NOS. The number of carbonyl (C=O) groups excluding carboxylic acids is 1. The molecule has 20 heavy (non-hydrogen) atoms. The molecule has 1 saturated heterocycles. The van der Waals surface area contributed by atoms with Gasteiger partial charge in [0.25, 0.3) is 0 Å². The predicted octanol–water partition coefficient (Wildman–Crippen LogP) is 4.27. The maximum absolute atomic E-state index is 12.6. The van der Waals surface area contributed by atoms with E-state index in [1.54, 1.807) is 11.8 Å². The molecule has 110 valence electrons. The lowest BCUT2D eigenvalue weighted by Crippen LogP contribution is -2.46. The summed E-state index contributed by atoms with van der Waals surface area (Å²) in [5.74, 6) is 0.308. The van der Waals surface area contributed by atoms with Gasteiger partial charge in [0, 0.05) is 17.5 Å². The second-order valence-corrected chi connectivity index (χ2v) is 7.08. The summed E-state index contributed by atoms with van der Waals surface area (Å²) in [5, 5.41) is 0.00450. The fourth-order valence-electron chi connectivity index (χ4n) is 2.82. The highest BCUT2D eigenvalue weighted by molar-refractivity contribution is 8.00. The van der Waals surface area contributed by atoms with Gasteiger partial charge in [0.2, 0.25) is 5.91 Å². The van der Waals surface area contributed by atoms with Crippen LogP contribution in [-0.4, -0.2) is 28.6 Å². The third kappa shape index (κ3) is 3.78. The predicted molar refractivity (Wildman–Crippen MR) is 86.1 cm³/mol. The SMILES string of the molecule is CCC1CCCCN1C(=O)C(C)Sc1ccc(C)cc1. The van der Waals surface area contributed by atoms with Crippen LogP contribution in [0.5, 0.6) is 0 Å². The Hall–Kier alpha value is -0.960. The molecule has 0 N–H and O–H groups in total.